The normalized spacial score (nSPS) is 15.7. The number of hydrogen-bond donors (Lipinski definition) is 0. The van der Waals surface area contributed by atoms with Gasteiger partial charge in [0.1, 0.15) is 5.78 Å². The number of aromatic nitrogens is 1. The van der Waals surface area contributed by atoms with E-state index in [0.29, 0.717) is 18.1 Å². The van der Waals surface area contributed by atoms with E-state index in [2.05, 4.69) is 4.98 Å². The molecular weight excluding hydrogens is 162 g/mol. The van der Waals surface area contributed by atoms with Crippen molar-refractivity contribution in [1.82, 2.24) is 4.98 Å². The lowest BCUT2D eigenvalue weighted by Crippen LogP contribution is -2.04. The summed E-state index contributed by atoms with van der Waals surface area (Å²) in [4.78, 5) is 15.5. The standard InChI is InChI=1S/C11H13NO/c13-11(7-9-4-5-9)8-10-3-1-2-6-12-10/h1-3,6,9H,4-5,7-8H2. The molecule has 1 aromatic rings. The molecule has 0 radical (unpaired) electrons. The molecule has 1 heterocycles. The second-order valence-electron chi connectivity index (χ2n) is 3.68. The van der Waals surface area contributed by atoms with Gasteiger partial charge in [-0.25, -0.2) is 0 Å². The highest BCUT2D eigenvalue weighted by Gasteiger charge is 2.24. The second-order valence-corrected chi connectivity index (χ2v) is 3.68. The molecule has 1 saturated carbocycles. The van der Waals surface area contributed by atoms with Gasteiger partial charge in [-0.05, 0) is 30.9 Å². The lowest BCUT2D eigenvalue weighted by molar-refractivity contribution is -0.118. The largest absolute Gasteiger partial charge is 0.299 e. The van der Waals surface area contributed by atoms with Gasteiger partial charge < -0.3 is 0 Å². The van der Waals surface area contributed by atoms with Crippen molar-refractivity contribution in [3.8, 4) is 0 Å². The molecular formula is C11H13NO. The van der Waals surface area contributed by atoms with Gasteiger partial charge in [0.15, 0.2) is 0 Å². The molecule has 0 unspecified atom stereocenters. The van der Waals surface area contributed by atoms with E-state index in [4.69, 9.17) is 0 Å². The zero-order valence-corrected chi connectivity index (χ0v) is 7.57. The zero-order valence-electron chi connectivity index (χ0n) is 7.57. The van der Waals surface area contributed by atoms with Crippen molar-refractivity contribution in [1.29, 1.82) is 0 Å². The Morgan fingerprint density at radius 1 is 1.46 bits per heavy atom. The van der Waals surface area contributed by atoms with Gasteiger partial charge in [0.2, 0.25) is 0 Å². The SMILES string of the molecule is O=C(Cc1ccccn1)CC1CC1. The Morgan fingerprint density at radius 2 is 2.31 bits per heavy atom. The third-order valence-electron chi connectivity index (χ3n) is 2.32. The molecule has 0 atom stereocenters. The van der Waals surface area contributed by atoms with Crippen LogP contribution in [0.4, 0.5) is 0 Å². The third-order valence-corrected chi connectivity index (χ3v) is 2.32. The van der Waals surface area contributed by atoms with Crippen LogP contribution < -0.4 is 0 Å². The predicted octanol–water partition coefficient (Wildman–Crippen LogP) is 1.99. The average Bonchev–Trinajstić information content (AvgIpc) is 2.90. The van der Waals surface area contributed by atoms with E-state index in [-0.39, 0.29) is 0 Å². The van der Waals surface area contributed by atoms with Crippen LogP contribution in [0.5, 0.6) is 0 Å². The first-order valence-electron chi connectivity index (χ1n) is 4.76. The Kier molecular flexibility index (Phi) is 2.39. The summed E-state index contributed by atoms with van der Waals surface area (Å²) in [5, 5.41) is 0. The Bertz CT molecular complexity index is 290. The van der Waals surface area contributed by atoms with E-state index in [1.165, 1.54) is 12.8 Å². The first kappa shape index (κ1) is 8.42. The Balaban J connectivity index is 1.86. The van der Waals surface area contributed by atoms with Crippen molar-refractivity contribution in [2.45, 2.75) is 25.7 Å². The summed E-state index contributed by atoms with van der Waals surface area (Å²) < 4.78 is 0. The van der Waals surface area contributed by atoms with E-state index in [1.54, 1.807) is 6.20 Å². The molecule has 68 valence electrons. The van der Waals surface area contributed by atoms with Crippen molar-refractivity contribution >= 4 is 5.78 Å². The van der Waals surface area contributed by atoms with Crippen LogP contribution in [0.25, 0.3) is 0 Å². The fourth-order valence-corrected chi connectivity index (χ4v) is 1.42. The minimum atomic E-state index is 0.334. The van der Waals surface area contributed by atoms with Gasteiger partial charge in [0.05, 0.1) is 0 Å². The quantitative estimate of drug-likeness (QED) is 0.700. The molecule has 13 heavy (non-hydrogen) atoms. The Morgan fingerprint density at radius 3 is 2.92 bits per heavy atom. The first-order valence-corrected chi connectivity index (χ1v) is 4.76. The summed E-state index contributed by atoms with van der Waals surface area (Å²) in [5.41, 5.74) is 0.896. The van der Waals surface area contributed by atoms with Crippen LogP contribution in [0.15, 0.2) is 24.4 Å². The van der Waals surface area contributed by atoms with Crippen LogP contribution in [-0.2, 0) is 11.2 Å². The van der Waals surface area contributed by atoms with Crippen LogP contribution in [0, 0.1) is 5.92 Å². The number of ketones is 1. The highest BCUT2D eigenvalue weighted by Crippen LogP contribution is 2.32. The minimum absolute atomic E-state index is 0.334. The van der Waals surface area contributed by atoms with Gasteiger partial charge in [-0.1, -0.05) is 6.07 Å². The molecule has 0 amide bonds. The monoisotopic (exact) mass is 175 g/mol. The van der Waals surface area contributed by atoms with Crippen LogP contribution in [0.1, 0.15) is 25.0 Å². The van der Waals surface area contributed by atoms with Crippen LogP contribution in [0.2, 0.25) is 0 Å². The van der Waals surface area contributed by atoms with Crippen molar-refractivity contribution in [2.24, 2.45) is 5.92 Å². The molecule has 2 nitrogen and oxygen atoms in total. The summed E-state index contributed by atoms with van der Waals surface area (Å²) in [6.45, 7) is 0. The van der Waals surface area contributed by atoms with Gasteiger partial charge in [-0.2, -0.15) is 0 Å². The van der Waals surface area contributed by atoms with Crippen LogP contribution in [-0.4, -0.2) is 10.8 Å². The highest BCUT2D eigenvalue weighted by molar-refractivity contribution is 5.80. The number of pyridine rings is 1. The summed E-state index contributed by atoms with van der Waals surface area (Å²) >= 11 is 0. The van der Waals surface area contributed by atoms with Gasteiger partial charge in [-0.3, -0.25) is 9.78 Å². The molecule has 1 aliphatic carbocycles. The van der Waals surface area contributed by atoms with Crippen molar-refractivity contribution < 1.29 is 4.79 Å². The van der Waals surface area contributed by atoms with E-state index >= 15 is 0 Å². The maximum atomic E-state index is 11.4. The second kappa shape index (κ2) is 3.69. The predicted molar refractivity (Wildman–Crippen MR) is 50.3 cm³/mol. The molecule has 1 fully saturated rings. The Hall–Kier alpha value is -1.18. The molecule has 0 bridgehead atoms. The zero-order chi connectivity index (χ0) is 9.10. The summed E-state index contributed by atoms with van der Waals surface area (Å²) in [6.07, 6.45) is 5.50. The number of carbonyl (C=O) groups is 1. The lowest BCUT2D eigenvalue weighted by atomic mass is 10.1. The molecule has 0 aromatic carbocycles. The molecule has 0 saturated heterocycles. The number of Topliss-reactive ketones (excluding diaryl/α,β-unsaturated/α-hetero) is 1. The van der Waals surface area contributed by atoms with Crippen molar-refractivity contribution in [3.63, 3.8) is 0 Å². The average molecular weight is 175 g/mol. The lowest BCUT2D eigenvalue weighted by Gasteiger charge is -1.98. The first-order chi connectivity index (χ1) is 6.34. The van der Waals surface area contributed by atoms with Gasteiger partial charge in [0.25, 0.3) is 0 Å². The summed E-state index contributed by atoms with van der Waals surface area (Å²) in [5.74, 6) is 1.03. The van der Waals surface area contributed by atoms with E-state index in [1.807, 2.05) is 18.2 Å². The van der Waals surface area contributed by atoms with E-state index in [9.17, 15) is 4.79 Å². The third kappa shape index (κ3) is 2.65. The number of rotatable bonds is 4. The summed E-state index contributed by atoms with van der Waals surface area (Å²) in [6, 6.07) is 5.70. The van der Waals surface area contributed by atoms with E-state index < -0.39 is 0 Å². The number of hydrogen-bond acceptors (Lipinski definition) is 2. The molecule has 0 aliphatic heterocycles. The topological polar surface area (TPSA) is 30.0 Å². The fraction of sp³-hybridized carbons (Fsp3) is 0.455. The maximum Gasteiger partial charge on any atom is 0.139 e. The van der Waals surface area contributed by atoms with Gasteiger partial charge in [-0.15, -0.1) is 0 Å². The molecule has 2 heteroatoms. The molecule has 0 spiro atoms. The smallest absolute Gasteiger partial charge is 0.139 e. The molecule has 1 aromatic heterocycles. The molecule has 2 rings (SSSR count). The van der Waals surface area contributed by atoms with Gasteiger partial charge >= 0.3 is 0 Å². The fourth-order valence-electron chi connectivity index (χ4n) is 1.42. The Labute approximate surface area is 78.0 Å². The maximum absolute atomic E-state index is 11.4. The van der Waals surface area contributed by atoms with Crippen LogP contribution in [0.3, 0.4) is 0 Å². The minimum Gasteiger partial charge on any atom is -0.299 e. The van der Waals surface area contributed by atoms with Crippen molar-refractivity contribution in [2.75, 3.05) is 0 Å². The van der Waals surface area contributed by atoms with Crippen molar-refractivity contribution in [3.05, 3.63) is 30.1 Å². The molecule has 1 aliphatic rings. The number of nitrogens with zero attached hydrogens (tertiary/aromatic N) is 1. The van der Waals surface area contributed by atoms with Gasteiger partial charge in [0, 0.05) is 24.7 Å². The molecule has 0 N–H and O–H groups in total. The van der Waals surface area contributed by atoms with E-state index in [0.717, 1.165) is 12.1 Å². The van der Waals surface area contributed by atoms with Crippen LogP contribution >= 0.6 is 0 Å². The number of carbonyl (C=O) groups excluding carboxylic acids is 1. The summed E-state index contributed by atoms with van der Waals surface area (Å²) in [7, 11) is 0. The highest BCUT2D eigenvalue weighted by atomic mass is 16.1.